The Morgan fingerprint density at radius 2 is 1.45 bits per heavy atom. The fourth-order valence-corrected chi connectivity index (χ4v) is 5.07. The average Bonchev–Trinajstić information content (AvgIpc) is 3.19. The lowest BCUT2D eigenvalue weighted by Crippen LogP contribution is -2.52. The number of phosphoric acid groups is 1. The Morgan fingerprint density at radius 3 is 1.90 bits per heavy atom. The molecule has 4 atom stereocenters. The molecule has 0 aliphatic carbocycles. The van der Waals surface area contributed by atoms with Crippen LogP contribution in [-0.4, -0.2) is 64.8 Å². The molecule has 0 amide bonds. The molecule has 0 saturated carbocycles. The number of aromatic nitrogens is 2. The van der Waals surface area contributed by atoms with Crippen molar-refractivity contribution in [3.63, 3.8) is 0 Å². The lowest BCUT2D eigenvalue weighted by molar-refractivity contribution is -0.193. The van der Waals surface area contributed by atoms with Crippen molar-refractivity contribution >= 4 is 7.82 Å². The number of H-pyrrole nitrogens is 1. The monoisotopic (exact) mass is 586 g/mol. The number of nitrogens with zero attached hydrogens (tertiary/aromatic N) is 1. The van der Waals surface area contributed by atoms with Crippen molar-refractivity contribution in [2.24, 2.45) is 0 Å². The van der Waals surface area contributed by atoms with Crippen LogP contribution in [0.3, 0.4) is 0 Å². The summed E-state index contributed by atoms with van der Waals surface area (Å²) in [7, 11) is -1.95. The van der Waals surface area contributed by atoms with Crippen molar-refractivity contribution in [1.29, 1.82) is 0 Å². The highest BCUT2D eigenvalue weighted by Crippen LogP contribution is 2.52. The number of ether oxygens (including phenoxy) is 3. The minimum Gasteiger partial charge on any atom is -0.497 e. The molecule has 0 spiro atoms. The van der Waals surface area contributed by atoms with Gasteiger partial charge in [-0.1, -0.05) is 0 Å². The second-order valence-corrected chi connectivity index (χ2v) is 9.99. The number of aliphatic hydroxyl groups excluding tert-OH is 2. The number of hydrogen-bond donors (Lipinski definition) is 3. The van der Waals surface area contributed by atoms with E-state index in [-0.39, 0.29) is 11.5 Å². The first-order valence-corrected chi connectivity index (χ1v) is 13.0. The van der Waals surface area contributed by atoms with Gasteiger partial charge in [0.1, 0.15) is 35.2 Å². The molecule has 1 aliphatic heterocycles. The van der Waals surface area contributed by atoms with E-state index in [0.717, 1.165) is 12.3 Å². The molecule has 1 aromatic heterocycles. The molecule has 1 saturated heterocycles. The Balaban J connectivity index is 1.64. The largest absolute Gasteiger partial charge is 0.587 e. The molecule has 16 heteroatoms. The van der Waals surface area contributed by atoms with Crippen LogP contribution >= 0.6 is 7.82 Å². The van der Waals surface area contributed by atoms with Gasteiger partial charge in [-0.2, -0.15) is 0 Å². The van der Waals surface area contributed by atoms with Gasteiger partial charge < -0.3 is 33.5 Å². The Bertz CT molecular complexity index is 1410. The van der Waals surface area contributed by atoms with Gasteiger partial charge in [-0.15, -0.1) is 0 Å². The van der Waals surface area contributed by atoms with Gasteiger partial charge >= 0.3 is 13.5 Å². The van der Waals surface area contributed by atoms with Crippen molar-refractivity contribution in [1.82, 2.24) is 9.55 Å². The van der Waals surface area contributed by atoms with Crippen LogP contribution in [0.1, 0.15) is 6.23 Å². The lowest BCUT2D eigenvalue weighted by Gasteiger charge is -2.31. The van der Waals surface area contributed by atoms with E-state index in [4.69, 9.17) is 27.8 Å². The minimum absolute atomic E-state index is 0.0469. The molecule has 3 N–H and O–H groups in total. The zero-order chi connectivity index (χ0) is 29.1. The molecule has 1 fully saturated rings. The standard InChI is InChI=1S/C24H25F2N2O11P/c1-34-14-3-7-16(8-4-14)38-40(33,39-17-9-5-15(35-2)6-10-17)36-13-24(22(25)26)20(31)19(30)21(37-24)28-12-11-18(29)27-23(28)32/h3-12,19-22,30-31H,13H2,1-2H3,(H,27,29,32)/t19-,20+,21-,24-/m1/s1. The van der Waals surface area contributed by atoms with E-state index in [1.165, 1.54) is 62.8 Å². The quantitative estimate of drug-likeness (QED) is 0.282. The molecule has 2 aromatic carbocycles. The summed E-state index contributed by atoms with van der Waals surface area (Å²) in [4.78, 5) is 25.5. The maximum Gasteiger partial charge on any atom is 0.587 e. The summed E-state index contributed by atoms with van der Waals surface area (Å²) in [6.45, 7) is -1.32. The number of methoxy groups -OCH3 is 2. The van der Waals surface area contributed by atoms with Crippen molar-refractivity contribution in [2.75, 3.05) is 20.8 Å². The third-order valence-electron chi connectivity index (χ3n) is 5.95. The molecule has 2 heterocycles. The highest BCUT2D eigenvalue weighted by atomic mass is 31.2. The molecule has 216 valence electrons. The van der Waals surface area contributed by atoms with Crippen LogP contribution in [0.5, 0.6) is 23.0 Å². The van der Waals surface area contributed by atoms with E-state index in [9.17, 15) is 33.1 Å². The van der Waals surface area contributed by atoms with Gasteiger partial charge in [-0.05, 0) is 48.5 Å². The Hall–Kier alpha value is -3.75. The van der Waals surface area contributed by atoms with E-state index in [0.29, 0.717) is 16.1 Å². The van der Waals surface area contributed by atoms with Crippen LogP contribution in [0, 0.1) is 0 Å². The molecule has 13 nitrogen and oxygen atoms in total. The smallest absolute Gasteiger partial charge is 0.497 e. The average molecular weight is 586 g/mol. The number of halogens is 2. The molecule has 40 heavy (non-hydrogen) atoms. The molecule has 3 aromatic rings. The maximum atomic E-state index is 14.4. The van der Waals surface area contributed by atoms with Gasteiger partial charge in [0.2, 0.25) is 0 Å². The predicted molar refractivity (Wildman–Crippen MR) is 133 cm³/mol. The Labute approximate surface area is 225 Å². The third kappa shape index (κ3) is 6.03. The summed E-state index contributed by atoms with van der Waals surface area (Å²) in [5.74, 6) is 0.787. The van der Waals surface area contributed by atoms with E-state index in [1.54, 1.807) is 0 Å². The van der Waals surface area contributed by atoms with Gasteiger partial charge in [0.25, 0.3) is 12.0 Å². The van der Waals surface area contributed by atoms with E-state index in [1.807, 2.05) is 4.98 Å². The predicted octanol–water partition coefficient (Wildman–Crippen LogP) is 2.09. The number of alkyl halides is 2. The van der Waals surface area contributed by atoms with Crippen molar-refractivity contribution in [3.8, 4) is 23.0 Å². The minimum atomic E-state index is -4.80. The van der Waals surface area contributed by atoms with E-state index < -0.39 is 56.1 Å². The number of benzene rings is 2. The number of hydrogen-bond acceptors (Lipinski definition) is 11. The molecule has 4 rings (SSSR count). The lowest BCUT2D eigenvalue weighted by atomic mass is 9.96. The van der Waals surface area contributed by atoms with Crippen LogP contribution in [0.4, 0.5) is 8.78 Å². The fourth-order valence-electron chi connectivity index (χ4n) is 3.80. The molecule has 1 aliphatic rings. The van der Waals surface area contributed by atoms with Crippen molar-refractivity contribution in [3.05, 3.63) is 81.6 Å². The molecular weight excluding hydrogens is 561 g/mol. The Morgan fingerprint density at radius 1 is 0.950 bits per heavy atom. The van der Waals surface area contributed by atoms with Gasteiger partial charge in [0, 0.05) is 12.3 Å². The number of aliphatic hydroxyl groups is 2. The molecule has 0 bridgehead atoms. The number of rotatable bonds is 11. The first-order valence-electron chi connectivity index (χ1n) is 11.6. The SMILES string of the molecule is COc1ccc(OP(=O)(OC[C@@]2(C(F)F)O[C@@H](n3ccc(=O)[nH]c3=O)[C@H](O)[C@@H]2O)Oc2ccc(OC)cc2)cc1. The van der Waals surface area contributed by atoms with Gasteiger partial charge in [0.05, 0.1) is 20.8 Å². The van der Waals surface area contributed by atoms with Gasteiger partial charge in [0.15, 0.2) is 11.8 Å². The summed E-state index contributed by atoms with van der Waals surface area (Å²) in [5.41, 5.74) is -4.88. The third-order valence-corrected chi connectivity index (χ3v) is 7.27. The van der Waals surface area contributed by atoms with Crippen LogP contribution < -0.4 is 29.8 Å². The highest BCUT2D eigenvalue weighted by molar-refractivity contribution is 7.49. The molecular formula is C24H25F2N2O11P. The summed E-state index contributed by atoms with van der Waals surface area (Å²) in [5, 5.41) is 21.1. The van der Waals surface area contributed by atoms with Crippen molar-refractivity contribution in [2.45, 2.75) is 30.5 Å². The summed E-state index contributed by atoms with van der Waals surface area (Å²) >= 11 is 0. The molecule has 0 radical (unpaired) electrons. The van der Waals surface area contributed by atoms with Crippen molar-refractivity contribution < 1.29 is 51.3 Å². The van der Waals surface area contributed by atoms with E-state index >= 15 is 0 Å². The highest BCUT2D eigenvalue weighted by Gasteiger charge is 2.62. The zero-order valence-corrected chi connectivity index (χ0v) is 21.9. The van der Waals surface area contributed by atoms with Crippen LogP contribution in [0.2, 0.25) is 0 Å². The van der Waals surface area contributed by atoms with Gasteiger partial charge in [-0.25, -0.2) is 18.1 Å². The fraction of sp³-hybridized carbons (Fsp3) is 0.333. The zero-order valence-electron chi connectivity index (χ0n) is 21.0. The number of nitrogens with one attached hydrogen (secondary N) is 1. The van der Waals surface area contributed by atoms with E-state index in [2.05, 4.69) is 0 Å². The van der Waals surface area contributed by atoms with Gasteiger partial charge in [-0.3, -0.25) is 18.9 Å². The second kappa shape index (κ2) is 11.8. The molecule has 0 unspecified atom stereocenters. The normalized spacial score (nSPS) is 22.7. The Kier molecular flexibility index (Phi) is 8.61. The summed E-state index contributed by atoms with van der Waals surface area (Å²) in [6.07, 6.45) is -8.91. The first-order chi connectivity index (χ1) is 19.0. The summed E-state index contributed by atoms with van der Waals surface area (Å²) in [6, 6.07) is 12.2. The topological polar surface area (TPSA) is 168 Å². The summed E-state index contributed by atoms with van der Waals surface area (Å²) < 4.78 is 74.8. The second-order valence-electron chi connectivity index (χ2n) is 8.47. The maximum absolute atomic E-state index is 14.4. The van der Waals surface area contributed by atoms with Crippen LogP contribution in [0.15, 0.2) is 70.4 Å². The van der Waals surface area contributed by atoms with Crippen LogP contribution in [-0.2, 0) is 13.8 Å². The number of aromatic amines is 1. The van der Waals surface area contributed by atoms with Crippen LogP contribution in [0.25, 0.3) is 0 Å². The first kappa shape index (κ1) is 29.2. The number of phosphoric ester groups is 1.